The smallest absolute Gasteiger partial charge is 0.134 e. The van der Waals surface area contributed by atoms with Crippen molar-refractivity contribution in [3.05, 3.63) is 65.2 Å². The van der Waals surface area contributed by atoms with Crippen LogP contribution in [0.4, 0.5) is 0 Å². The van der Waals surface area contributed by atoms with Crippen LogP contribution in [0.1, 0.15) is 23.6 Å². The SMILES string of the molecule is COc1ccc(/C=C/c2ccccc2)c(CC(C)=O)c1. The monoisotopic (exact) mass is 266 g/mol. The normalized spacial score (nSPS) is 10.7. The van der Waals surface area contributed by atoms with Gasteiger partial charge >= 0.3 is 0 Å². The molecule has 2 rings (SSSR count). The Kier molecular flexibility index (Phi) is 4.72. The number of hydrogen-bond acceptors (Lipinski definition) is 2. The summed E-state index contributed by atoms with van der Waals surface area (Å²) in [4.78, 5) is 11.4. The van der Waals surface area contributed by atoms with Gasteiger partial charge in [0.2, 0.25) is 0 Å². The summed E-state index contributed by atoms with van der Waals surface area (Å²) in [6.07, 6.45) is 4.50. The van der Waals surface area contributed by atoms with Gasteiger partial charge in [0.15, 0.2) is 0 Å². The number of ether oxygens (including phenoxy) is 1. The third-order valence-corrected chi connectivity index (χ3v) is 3.04. The third-order valence-electron chi connectivity index (χ3n) is 3.04. The second-order valence-electron chi connectivity index (χ2n) is 4.69. The van der Waals surface area contributed by atoms with E-state index in [0.29, 0.717) is 6.42 Å². The number of ketones is 1. The molecule has 0 spiro atoms. The Morgan fingerprint density at radius 1 is 1.10 bits per heavy atom. The predicted octanol–water partition coefficient (Wildman–Crippen LogP) is 4.00. The fourth-order valence-corrected chi connectivity index (χ4v) is 2.04. The highest BCUT2D eigenvalue weighted by molar-refractivity contribution is 5.81. The number of carbonyl (C=O) groups is 1. The summed E-state index contributed by atoms with van der Waals surface area (Å²) in [5.41, 5.74) is 3.17. The molecule has 0 heterocycles. The van der Waals surface area contributed by atoms with Crippen LogP contribution in [-0.4, -0.2) is 12.9 Å². The van der Waals surface area contributed by atoms with E-state index in [4.69, 9.17) is 4.74 Å². The summed E-state index contributed by atoms with van der Waals surface area (Å²) in [6.45, 7) is 1.60. The van der Waals surface area contributed by atoms with Crippen molar-refractivity contribution >= 4 is 17.9 Å². The molecule has 0 radical (unpaired) electrons. The molecule has 0 unspecified atom stereocenters. The van der Waals surface area contributed by atoms with Crippen LogP contribution in [0.15, 0.2) is 48.5 Å². The molecule has 20 heavy (non-hydrogen) atoms. The van der Waals surface area contributed by atoms with Gasteiger partial charge < -0.3 is 4.74 Å². The summed E-state index contributed by atoms with van der Waals surface area (Å²) < 4.78 is 5.22. The van der Waals surface area contributed by atoms with Gasteiger partial charge in [0.05, 0.1) is 7.11 Å². The molecule has 0 amide bonds. The predicted molar refractivity (Wildman–Crippen MR) is 82.7 cm³/mol. The summed E-state index contributed by atoms with van der Waals surface area (Å²) in [5, 5.41) is 0. The molecule has 0 fully saturated rings. The molecule has 0 saturated carbocycles. The van der Waals surface area contributed by atoms with Gasteiger partial charge in [-0.25, -0.2) is 0 Å². The number of carbonyl (C=O) groups excluding carboxylic acids is 1. The van der Waals surface area contributed by atoms with Crippen molar-refractivity contribution in [1.29, 1.82) is 0 Å². The molecule has 0 atom stereocenters. The lowest BCUT2D eigenvalue weighted by atomic mass is 10.0. The topological polar surface area (TPSA) is 26.3 Å². The molecule has 2 nitrogen and oxygen atoms in total. The first kappa shape index (κ1) is 14.1. The molecular weight excluding hydrogens is 248 g/mol. The van der Waals surface area contributed by atoms with Crippen LogP contribution in [0.3, 0.4) is 0 Å². The van der Waals surface area contributed by atoms with Crippen LogP contribution in [0.5, 0.6) is 5.75 Å². The Morgan fingerprint density at radius 3 is 2.50 bits per heavy atom. The van der Waals surface area contributed by atoms with E-state index in [1.165, 1.54) is 0 Å². The second kappa shape index (κ2) is 6.71. The molecule has 0 bridgehead atoms. The largest absolute Gasteiger partial charge is 0.497 e. The van der Waals surface area contributed by atoms with Crippen LogP contribution in [0.25, 0.3) is 12.2 Å². The number of rotatable bonds is 5. The van der Waals surface area contributed by atoms with Crippen LogP contribution < -0.4 is 4.74 Å². The molecule has 0 saturated heterocycles. The van der Waals surface area contributed by atoms with Crippen molar-refractivity contribution < 1.29 is 9.53 Å². The molecule has 2 aromatic rings. The average Bonchev–Trinajstić information content (AvgIpc) is 2.46. The van der Waals surface area contributed by atoms with Crippen molar-refractivity contribution in [2.45, 2.75) is 13.3 Å². The van der Waals surface area contributed by atoms with E-state index >= 15 is 0 Å². The molecule has 0 N–H and O–H groups in total. The highest BCUT2D eigenvalue weighted by Gasteiger charge is 2.05. The highest BCUT2D eigenvalue weighted by Crippen LogP contribution is 2.20. The maximum absolute atomic E-state index is 11.4. The van der Waals surface area contributed by atoms with Crippen molar-refractivity contribution in [3.63, 3.8) is 0 Å². The zero-order chi connectivity index (χ0) is 14.4. The summed E-state index contributed by atoms with van der Waals surface area (Å²) in [5.74, 6) is 0.922. The van der Waals surface area contributed by atoms with Crippen molar-refractivity contribution in [3.8, 4) is 5.75 Å². The quantitative estimate of drug-likeness (QED) is 0.765. The van der Waals surface area contributed by atoms with Crippen LogP contribution in [-0.2, 0) is 11.2 Å². The number of benzene rings is 2. The van der Waals surface area contributed by atoms with Gasteiger partial charge in [0.25, 0.3) is 0 Å². The Bertz CT molecular complexity index is 613. The van der Waals surface area contributed by atoms with Crippen LogP contribution in [0, 0.1) is 0 Å². The lowest BCUT2D eigenvalue weighted by Crippen LogP contribution is -1.99. The summed E-state index contributed by atoms with van der Waals surface area (Å²) in [6, 6.07) is 15.9. The Morgan fingerprint density at radius 2 is 1.85 bits per heavy atom. The zero-order valence-corrected chi connectivity index (χ0v) is 11.8. The lowest BCUT2D eigenvalue weighted by molar-refractivity contribution is -0.116. The average molecular weight is 266 g/mol. The third kappa shape index (κ3) is 3.82. The van der Waals surface area contributed by atoms with Gasteiger partial charge in [-0.05, 0) is 35.7 Å². The maximum Gasteiger partial charge on any atom is 0.134 e. The molecule has 0 aliphatic heterocycles. The minimum absolute atomic E-state index is 0.146. The van der Waals surface area contributed by atoms with Gasteiger partial charge in [-0.15, -0.1) is 0 Å². The first-order valence-corrected chi connectivity index (χ1v) is 6.58. The number of Topliss-reactive ketones (excluding diaryl/α,β-unsaturated/α-hetero) is 1. The van der Waals surface area contributed by atoms with E-state index in [1.54, 1.807) is 14.0 Å². The van der Waals surface area contributed by atoms with Gasteiger partial charge in [0.1, 0.15) is 11.5 Å². The van der Waals surface area contributed by atoms with Crippen LogP contribution >= 0.6 is 0 Å². The van der Waals surface area contributed by atoms with Crippen LogP contribution in [0.2, 0.25) is 0 Å². The van der Waals surface area contributed by atoms with Crippen molar-refractivity contribution in [1.82, 2.24) is 0 Å². The molecule has 102 valence electrons. The molecular formula is C18H18O2. The molecule has 2 aromatic carbocycles. The maximum atomic E-state index is 11.4. The minimum Gasteiger partial charge on any atom is -0.497 e. The molecule has 2 heteroatoms. The number of hydrogen-bond donors (Lipinski definition) is 0. The van der Waals surface area contributed by atoms with E-state index in [9.17, 15) is 4.79 Å². The Balaban J connectivity index is 2.30. The second-order valence-corrected chi connectivity index (χ2v) is 4.69. The van der Waals surface area contributed by atoms with Gasteiger partial charge in [-0.3, -0.25) is 4.79 Å². The van der Waals surface area contributed by atoms with Crippen molar-refractivity contribution in [2.24, 2.45) is 0 Å². The summed E-state index contributed by atoms with van der Waals surface area (Å²) in [7, 11) is 1.63. The van der Waals surface area contributed by atoms with E-state index in [2.05, 4.69) is 0 Å². The van der Waals surface area contributed by atoms with Gasteiger partial charge in [-0.1, -0.05) is 48.6 Å². The molecule has 0 aromatic heterocycles. The Labute approximate surface area is 119 Å². The first-order chi connectivity index (χ1) is 9.69. The first-order valence-electron chi connectivity index (χ1n) is 6.58. The zero-order valence-electron chi connectivity index (χ0n) is 11.8. The highest BCUT2D eigenvalue weighted by atomic mass is 16.5. The lowest BCUT2D eigenvalue weighted by Gasteiger charge is -2.07. The summed E-state index contributed by atoms with van der Waals surface area (Å²) >= 11 is 0. The molecule has 0 aliphatic carbocycles. The fourth-order valence-electron chi connectivity index (χ4n) is 2.04. The number of methoxy groups -OCH3 is 1. The van der Waals surface area contributed by atoms with Gasteiger partial charge in [-0.2, -0.15) is 0 Å². The molecule has 0 aliphatic rings. The van der Waals surface area contributed by atoms with Gasteiger partial charge in [0, 0.05) is 6.42 Å². The Hall–Kier alpha value is -2.35. The fraction of sp³-hybridized carbons (Fsp3) is 0.167. The van der Waals surface area contributed by atoms with E-state index in [0.717, 1.165) is 22.4 Å². The van der Waals surface area contributed by atoms with E-state index < -0.39 is 0 Å². The standard InChI is InChI=1S/C18H18O2/c1-14(19)12-17-13-18(20-2)11-10-16(17)9-8-15-6-4-3-5-7-15/h3-11,13H,12H2,1-2H3/b9-8+. The van der Waals surface area contributed by atoms with E-state index in [-0.39, 0.29) is 5.78 Å². The van der Waals surface area contributed by atoms with E-state index in [1.807, 2.05) is 60.7 Å². The minimum atomic E-state index is 0.146. The van der Waals surface area contributed by atoms with Crippen molar-refractivity contribution in [2.75, 3.05) is 7.11 Å².